The first kappa shape index (κ1) is 19.1. The van der Waals surface area contributed by atoms with Crippen molar-refractivity contribution in [3.63, 3.8) is 0 Å². The number of anilines is 1. The predicted octanol–water partition coefficient (Wildman–Crippen LogP) is 0.653. The van der Waals surface area contributed by atoms with Gasteiger partial charge >= 0.3 is 0 Å². The summed E-state index contributed by atoms with van der Waals surface area (Å²) in [6, 6.07) is 4.07. The Morgan fingerprint density at radius 1 is 1.30 bits per heavy atom. The van der Waals surface area contributed by atoms with Crippen LogP contribution in [0.25, 0.3) is 0 Å². The van der Waals surface area contributed by atoms with Crippen molar-refractivity contribution >= 4 is 40.7 Å². The zero-order chi connectivity index (χ0) is 19.9. The minimum Gasteiger partial charge on any atom is -0.497 e. The summed E-state index contributed by atoms with van der Waals surface area (Å²) in [4.78, 5) is 37.7. The van der Waals surface area contributed by atoms with Gasteiger partial charge in [0.15, 0.2) is 5.11 Å². The molecule has 0 aliphatic carbocycles. The maximum absolute atomic E-state index is 12.9. The van der Waals surface area contributed by atoms with Gasteiger partial charge in [-0.1, -0.05) is 0 Å². The summed E-state index contributed by atoms with van der Waals surface area (Å²) in [6.07, 6.45) is -0.0944. The highest BCUT2D eigenvalue weighted by molar-refractivity contribution is 7.80. The van der Waals surface area contributed by atoms with E-state index in [1.54, 1.807) is 32.0 Å². The van der Waals surface area contributed by atoms with Crippen molar-refractivity contribution in [2.24, 2.45) is 0 Å². The molecular weight excluding hydrogens is 372 g/mol. The Balaban J connectivity index is 1.90. The molecule has 27 heavy (non-hydrogen) atoms. The van der Waals surface area contributed by atoms with E-state index < -0.39 is 17.5 Å². The van der Waals surface area contributed by atoms with Gasteiger partial charge in [0.2, 0.25) is 17.7 Å². The van der Waals surface area contributed by atoms with E-state index in [0.717, 1.165) is 0 Å². The molecule has 2 aliphatic rings. The van der Waals surface area contributed by atoms with Gasteiger partial charge in [-0.2, -0.15) is 5.01 Å². The zero-order valence-electron chi connectivity index (χ0n) is 15.4. The molecule has 144 valence electrons. The van der Waals surface area contributed by atoms with Crippen LogP contribution in [-0.2, 0) is 14.4 Å². The third-order valence-corrected chi connectivity index (χ3v) is 4.90. The minimum atomic E-state index is -1.12. The number of amides is 3. The molecule has 0 radical (unpaired) electrons. The Kier molecular flexibility index (Phi) is 4.79. The first-order valence-electron chi connectivity index (χ1n) is 8.21. The maximum atomic E-state index is 12.9. The van der Waals surface area contributed by atoms with Gasteiger partial charge in [-0.3, -0.25) is 19.7 Å². The fraction of sp³-hybridized carbons (Fsp3) is 0.412. The van der Waals surface area contributed by atoms with Crippen LogP contribution in [0.1, 0.15) is 20.3 Å². The molecule has 1 aromatic rings. The van der Waals surface area contributed by atoms with E-state index in [0.29, 0.717) is 17.2 Å². The molecule has 0 spiro atoms. The third-order valence-electron chi connectivity index (χ3n) is 4.63. The van der Waals surface area contributed by atoms with Gasteiger partial charge in [0, 0.05) is 6.07 Å². The summed E-state index contributed by atoms with van der Waals surface area (Å²) in [5, 5.41) is 7.86. The van der Waals surface area contributed by atoms with Crippen molar-refractivity contribution in [3.05, 3.63) is 18.2 Å². The smallest absolute Gasteiger partial charge is 0.248 e. The lowest BCUT2D eigenvalue weighted by Crippen LogP contribution is -2.71. The van der Waals surface area contributed by atoms with Crippen molar-refractivity contribution in [3.8, 4) is 11.5 Å². The quantitative estimate of drug-likeness (QED) is 0.726. The van der Waals surface area contributed by atoms with Crippen LogP contribution in [-0.4, -0.2) is 58.7 Å². The van der Waals surface area contributed by atoms with Crippen LogP contribution < -0.4 is 20.1 Å². The van der Waals surface area contributed by atoms with Crippen LogP contribution >= 0.6 is 12.2 Å². The normalized spacial score (nSPS) is 21.6. The molecule has 1 atom stereocenters. The second-order valence-electron chi connectivity index (χ2n) is 6.64. The van der Waals surface area contributed by atoms with Crippen LogP contribution in [0.5, 0.6) is 11.5 Å². The summed E-state index contributed by atoms with van der Waals surface area (Å²) in [7, 11) is 3.00. The third kappa shape index (κ3) is 3.10. The Hall–Kier alpha value is -2.72. The van der Waals surface area contributed by atoms with E-state index in [1.807, 2.05) is 0 Å². The van der Waals surface area contributed by atoms with Gasteiger partial charge in [-0.05, 0) is 38.2 Å². The molecule has 0 aromatic heterocycles. The number of carbonyl (C=O) groups is 3. The summed E-state index contributed by atoms with van der Waals surface area (Å²) < 4.78 is 10.4. The molecule has 2 N–H and O–H groups in total. The Morgan fingerprint density at radius 3 is 2.63 bits per heavy atom. The van der Waals surface area contributed by atoms with Crippen LogP contribution in [0, 0.1) is 0 Å². The van der Waals surface area contributed by atoms with E-state index in [9.17, 15) is 14.4 Å². The van der Waals surface area contributed by atoms with Gasteiger partial charge in [-0.25, -0.2) is 5.01 Å². The number of fused-ring (bicyclic) bond motifs is 1. The number of nitrogens with one attached hydrogen (secondary N) is 2. The minimum absolute atomic E-state index is 0.0262. The SMILES string of the molecule is COc1ccc(NC(=O)[C@@H]2CC(=O)N3C(=S)NC(=O)C(C)(C)N23)c(OC)c1. The van der Waals surface area contributed by atoms with Crippen molar-refractivity contribution in [1.82, 2.24) is 15.3 Å². The van der Waals surface area contributed by atoms with E-state index in [-0.39, 0.29) is 23.3 Å². The van der Waals surface area contributed by atoms with Crippen molar-refractivity contribution < 1.29 is 23.9 Å². The lowest BCUT2D eigenvalue weighted by atomic mass is 10.00. The lowest BCUT2D eigenvalue weighted by molar-refractivity contribution is -0.154. The maximum Gasteiger partial charge on any atom is 0.248 e. The Labute approximate surface area is 161 Å². The molecule has 2 aliphatic heterocycles. The van der Waals surface area contributed by atoms with Crippen LogP contribution in [0.4, 0.5) is 5.69 Å². The van der Waals surface area contributed by atoms with Crippen LogP contribution in [0.2, 0.25) is 0 Å². The molecule has 0 saturated carbocycles. The van der Waals surface area contributed by atoms with E-state index in [2.05, 4.69) is 10.6 Å². The number of methoxy groups -OCH3 is 2. The molecular formula is C17H20N4O5S. The Morgan fingerprint density at radius 2 is 2.00 bits per heavy atom. The summed E-state index contributed by atoms with van der Waals surface area (Å²) in [5.41, 5.74) is -0.698. The van der Waals surface area contributed by atoms with Crippen molar-refractivity contribution in [2.45, 2.75) is 31.8 Å². The fourth-order valence-electron chi connectivity index (χ4n) is 3.18. The summed E-state index contributed by atoms with van der Waals surface area (Å²) in [6.45, 7) is 3.26. The summed E-state index contributed by atoms with van der Waals surface area (Å²) in [5.74, 6) is -0.186. The lowest BCUT2D eigenvalue weighted by Gasteiger charge is -2.45. The van der Waals surface area contributed by atoms with Crippen molar-refractivity contribution in [2.75, 3.05) is 19.5 Å². The molecule has 0 unspecified atom stereocenters. The van der Waals surface area contributed by atoms with Gasteiger partial charge < -0.3 is 14.8 Å². The predicted molar refractivity (Wildman–Crippen MR) is 100 cm³/mol. The second-order valence-corrected chi connectivity index (χ2v) is 7.03. The largest absolute Gasteiger partial charge is 0.497 e. The zero-order valence-corrected chi connectivity index (χ0v) is 16.2. The first-order chi connectivity index (χ1) is 12.7. The molecule has 10 heteroatoms. The number of hydrazine groups is 1. The fourth-order valence-corrected chi connectivity index (χ4v) is 3.46. The number of nitrogens with zero attached hydrogens (tertiary/aromatic N) is 2. The van der Waals surface area contributed by atoms with E-state index in [4.69, 9.17) is 21.7 Å². The van der Waals surface area contributed by atoms with Gasteiger partial charge in [-0.15, -0.1) is 0 Å². The number of thiocarbonyl (C=S) groups is 1. The molecule has 9 nitrogen and oxygen atoms in total. The van der Waals surface area contributed by atoms with Gasteiger partial charge in [0.25, 0.3) is 0 Å². The molecule has 0 bridgehead atoms. The molecule has 3 amide bonds. The highest BCUT2D eigenvalue weighted by Gasteiger charge is 2.56. The van der Waals surface area contributed by atoms with E-state index in [1.165, 1.54) is 24.2 Å². The van der Waals surface area contributed by atoms with Crippen LogP contribution in [0.3, 0.4) is 0 Å². The standard InChI is InChI=1S/C17H20N4O5S/c1-17(2)15(24)19-16(27)20-13(22)8-11(21(17)20)14(23)18-10-6-5-9(25-3)7-12(10)26-4/h5-7,11H,8H2,1-4H3,(H,18,23)(H,19,24,27)/t11-/m0/s1. The topological polar surface area (TPSA) is 100 Å². The highest BCUT2D eigenvalue weighted by Crippen LogP contribution is 2.34. The number of benzene rings is 1. The van der Waals surface area contributed by atoms with E-state index >= 15 is 0 Å². The number of carbonyl (C=O) groups excluding carboxylic acids is 3. The van der Waals surface area contributed by atoms with Gasteiger partial charge in [0.05, 0.1) is 26.3 Å². The first-order valence-corrected chi connectivity index (χ1v) is 8.62. The number of hydrogen-bond acceptors (Lipinski definition) is 7. The average Bonchev–Trinajstić information content (AvgIpc) is 2.99. The van der Waals surface area contributed by atoms with Crippen molar-refractivity contribution in [1.29, 1.82) is 0 Å². The summed E-state index contributed by atoms with van der Waals surface area (Å²) >= 11 is 5.10. The molecule has 3 rings (SSSR count). The van der Waals surface area contributed by atoms with Crippen LogP contribution in [0.15, 0.2) is 18.2 Å². The number of rotatable bonds is 4. The molecule has 1 aromatic carbocycles. The molecule has 2 saturated heterocycles. The highest BCUT2D eigenvalue weighted by atomic mass is 32.1. The number of hydrogen-bond donors (Lipinski definition) is 2. The Bertz CT molecular complexity index is 841. The van der Waals surface area contributed by atoms with Gasteiger partial charge in [0.1, 0.15) is 23.1 Å². The number of ether oxygens (including phenoxy) is 2. The molecule has 2 heterocycles. The second kappa shape index (κ2) is 6.78. The molecule has 2 fully saturated rings. The monoisotopic (exact) mass is 392 g/mol. The average molecular weight is 392 g/mol.